The summed E-state index contributed by atoms with van der Waals surface area (Å²) >= 11 is 0. The molecule has 0 saturated heterocycles. The summed E-state index contributed by atoms with van der Waals surface area (Å²) in [5, 5.41) is 20.0. The molecule has 0 aliphatic carbocycles. The molecule has 14 aromatic carbocycles. The van der Waals surface area contributed by atoms with Gasteiger partial charge in [-0.2, -0.15) is 0 Å². The Kier molecular flexibility index (Phi) is 11.3. The fourth-order valence-corrected chi connectivity index (χ4v) is 14.6. The van der Waals surface area contributed by atoms with E-state index in [-0.39, 0.29) is 0 Å². The maximum absolute atomic E-state index is 2.53. The zero-order valence-corrected chi connectivity index (χ0v) is 47.1. The van der Waals surface area contributed by atoms with E-state index in [1.807, 2.05) is 0 Å². The normalized spacial score (nSPS) is 12.2. The van der Waals surface area contributed by atoms with Gasteiger partial charge >= 0.3 is 0 Å². The molecule has 0 fully saturated rings. The Labute approximate surface area is 459 Å². The predicted octanol–water partition coefficient (Wildman–Crippen LogP) is 20.6. The van der Waals surface area contributed by atoms with Gasteiger partial charge in [0, 0.05) is 44.3 Å². The Morgan fingerprint density at radius 1 is 0.244 bits per heavy atom. The number of fused-ring (bicyclic) bond motifs is 4. The van der Waals surface area contributed by atoms with Gasteiger partial charge in [-0.05, 0) is 149 Å². The van der Waals surface area contributed by atoms with Gasteiger partial charge in [0.15, 0.2) is 0 Å². The lowest BCUT2D eigenvalue weighted by Gasteiger charge is -2.31. The van der Waals surface area contributed by atoms with Gasteiger partial charge in [0.2, 0.25) is 0 Å². The minimum atomic E-state index is -1.61. The van der Waals surface area contributed by atoms with Crippen molar-refractivity contribution in [1.82, 2.24) is 0 Å². The van der Waals surface area contributed by atoms with Gasteiger partial charge in [-0.3, -0.25) is 0 Å². The van der Waals surface area contributed by atoms with Crippen molar-refractivity contribution < 1.29 is 0 Å². The molecular formula is C74H60N2Si2. The van der Waals surface area contributed by atoms with Crippen LogP contribution in [0.25, 0.3) is 97.7 Å². The summed E-state index contributed by atoms with van der Waals surface area (Å²) < 4.78 is 0. The number of nitrogens with zero attached hydrogens (tertiary/aromatic N) is 2. The molecule has 0 aliphatic rings. The van der Waals surface area contributed by atoms with Crippen molar-refractivity contribution in [3.63, 3.8) is 0 Å². The molecule has 374 valence electrons. The highest BCUT2D eigenvalue weighted by Gasteiger charge is 2.27. The molecule has 0 saturated carbocycles. The van der Waals surface area contributed by atoms with Crippen molar-refractivity contribution in [3.8, 4) is 22.3 Å². The maximum atomic E-state index is 2.53. The Hall–Kier alpha value is -8.81. The molecular weight excluding hydrogens is 973 g/mol. The molecule has 0 radical (unpaired) electrons. The second kappa shape index (κ2) is 18.4. The Bertz CT molecular complexity index is 4340. The summed E-state index contributed by atoms with van der Waals surface area (Å²) in [5.41, 5.74) is 11.6. The highest BCUT2D eigenvalue weighted by atomic mass is 28.3. The highest BCUT2D eigenvalue weighted by molar-refractivity contribution is 6.89. The smallest absolute Gasteiger partial charge is 0.0775 e. The van der Waals surface area contributed by atoms with E-state index in [4.69, 9.17) is 0 Å². The number of anilines is 6. The monoisotopic (exact) mass is 1030 g/mol. The van der Waals surface area contributed by atoms with Crippen molar-refractivity contribution in [3.05, 3.63) is 255 Å². The Balaban J connectivity index is 1.13. The molecule has 14 rings (SSSR count). The first-order valence-electron chi connectivity index (χ1n) is 27.5. The lowest BCUT2D eigenvalue weighted by Crippen LogP contribution is -2.37. The number of hydrogen-bond donors (Lipinski definition) is 0. The largest absolute Gasteiger partial charge is 0.310 e. The minimum Gasteiger partial charge on any atom is -0.310 e. The first-order valence-corrected chi connectivity index (χ1v) is 34.5. The van der Waals surface area contributed by atoms with Crippen molar-refractivity contribution >= 4 is 136 Å². The van der Waals surface area contributed by atoms with E-state index in [0.717, 1.165) is 34.1 Å². The first-order chi connectivity index (χ1) is 37.9. The zero-order valence-electron chi connectivity index (χ0n) is 45.1. The second-order valence-electron chi connectivity index (χ2n) is 23.4. The van der Waals surface area contributed by atoms with E-state index in [1.54, 1.807) is 0 Å². The van der Waals surface area contributed by atoms with Crippen LogP contribution in [0.15, 0.2) is 255 Å². The number of benzene rings is 14. The van der Waals surface area contributed by atoms with E-state index in [9.17, 15) is 0 Å². The van der Waals surface area contributed by atoms with Crippen LogP contribution in [0.4, 0.5) is 34.1 Å². The topological polar surface area (TPSA) is 6.48 Å². The van der Waals surface area contributed by atoms with Gasteiger partial charge in [-0.25, -0.2) is 0 Å². The van der Waals surface area contributed by atoms with E-state index in [1.165, 1.54) is 108 Å². The van der Waals surface area contributed by atoms with Crippen LogP contribution in [0.5, 0.6) is 0 Å². The minimum absolute atomic E-state index is 1.12. The number of rotatable bonds is 10. The molecule has 0 bridgehead atoms. The van der Waals surface area contributed by atoms with E-state index >= 15 is 0 Å². The fourth-order valence-electron chi connectivity index (χ4n) is 12.2. The average molecular weight is 1030 g/mol. The summed E-state index contributed by atoms with van der Waals surface area (Å²) in [7, 11) is -3.22. The van der Waals surface area contributed by atoms with E-state index < -0.39 is 16.1 Å². The zero-order chi connectivity index (χ0) is 52.9. The highest BCUT2D eigenvalue weighted by Crippen LogP contribution is 2.53. The first kappa shape index (κ1) is 47.6. The molecule has 0 unspecified atom stereocenters. The molecule has 0 amide bonds. The lowest BCUT2D eigenvalue weighted by molar-refractivity contribution is 1.30. The molecule has 0 aliphatic heterocycles. The molecule has 2 nitrogen and oxygen atoms in total. The van der Waals surface area contributed by atoms with Crippen molar-refractivity contribution in [1.29, 1.82) is 0 Å². The van der Waals surface area contributed by atoms with Crippen LogP contribution in [-0.4, -0.2) is 16.1 Å². The van der Waals surface area contributed by atoms with Crippen molar-refractivity contribution in [2.24, 2.45) is 0 Å². The SMILES string of the molecule is C[Si](C)(C)c1ccc(N(c2ccc3ccccc3c2)c2cc(-c3ccc4ccccc4c3)c3ccc4c(N(c5ccc([Si](C)(C)C)cc5)c5ccc6ccccc6c5)cc(-c5ccc6ccccc6c5)c5ccc2c3c54)cc1. The van der Waals surface area contributed by atoms with Crippen LogP contribution < -0.4 is 20.2 Å². The van der Waals surface area contributed by atoms with Crippen LogP contribution in [0.1, 0.15) is 0 Å². The maximum Gasteiger partial charge on any atom is 0.0775 e. The summed E-state index contributed by atoms with van der Waals surface area (Å²) in [6.07, 6.45) is 0. The van der Waals surface area contributed by atoms with Gasteiger partial charge in [-0.1, -0.05) is 232 Å². The van der Waals surface area contributed by atoms with Crippen molar-refractivity contribution in [2.45, 2.75) is 39.3 Å². The molecule has 0 aromatic heterocycles. The average Bonchev–Trinajstić information content (AvgIpc) is 3.40. The predicted molar refractivity (Wildman–Crippen MR) is 346 cm³/mol. The van der Waals surface area contributed by atoms with Gasteiger partial charge in [0.1, 0.15) is 0 Å². The molecule has 4 heteroatoms. The third-order valence-electron chi connectivity index (χ3n) is 16.4. The summed E-state index contributed by atoms with van der Waals surface area (Å²) in [6.45, 7) is 14.6. The number of hydrogen-bond acceptors (Lipinski definition) is 2. The molecule has 14 aromatic rings. The van der Waals surface area contributed by atoms with E-state index in [2.05, 4.69) is 304 Å². The summed E-state index contributed by atoms with van der Waals surface area (Å²) in [4.78, 5) is 5.06. The molecule has 0 spiro atoms. The lowest BCUT2D eigenvalue weighted by atomic mass is 9.84. The second-order valence-corrected chi connectivity index (χ2v) is 33.6. The third kappa shape index (κ3) is 8.23. The molecule has 0 N–H and O–H groups in total. The van der Waals surface area contributed by atoms with E-state index in [0.29, 0.717) is 0 Å². The standard InChI is InChI=1S/C74H60N2Si2/c1-77(2,3)63-35-31-59(32-36-63)75(61-29-27-51-17-9-13-21-55(51)45-61)71-47-69(57-25-23-49-15-7-11-19-53(49)43-57)65-40-42-68-72(48-70(66-39-41-67(71)73(65)74(66)68)58-26-24-50-16-8-12-20-54(50)44-58)76(60-33-37-64(38-34-60)78(4,5)6)62-30-28-52-18-10-14-22-56(52)46-62/h7-48H,1-6H3. The van der Waals surface area contributed by atoms with Gasteiger partial charge in [0.25, 0.3) is 0 Å². The van der Waals surface area contributed by atoms with Crippen LogP contribution in [0.2, 0.25) is 39.3 Å². The van der Waals surface area contributed by atoms with Crippen LogP contribution >= 0.6 is 0 Å². The third-order valence-corrected chi connectivity index (χ3v) is 20.6. The van der Waals surface area contributed by atoms with Gasteiger partial charge < -0.3 is 9.80 Å². The van der Waals surface area contributed by atoms with Crippen LogP contribution in [-0.2, 0) is 0 Å². The van der Waals surface area contributed by atoms with Crippen LogP contribution in [0, 0.1) is 0 Å². The quantitative estimate of drug-likeness (QED) is 0.0995. The molecule has 78 heavy (non-hydrogen) atoms. The van der Waals surface area contributed by atoms with Gasteiger partial charge in [0.05, 0.1) is 27.5 Å². The molecule has 0 heterocycles. The summed E-state index contributed by atoms with van der Waals surface area (Å²) in [5.74, 6) is 0. The Morgan fingerprint density at radius 2 is 0.538 bits per heavy atom. The van der Waals surface area contributed by atoms with Crippen molar-refractivity contribution in [2.75, 3.05) is 9.80 Å². The van der Waals surface area contributed by atoms with Crippen LogP contribution in [0.3, 0.4) is 0 Å². The Morgan fingerprint density at radius 3 is 0.885 bits per heavy atom. The fraction of sp³-hybridized carbons (Fsp3) is 0.0811. The van der Waals surface area contributed by atoms with Gasteiger partial charge in [-0.15, -0.1) is 0 Å². The summed E-state index contributed by atoms with van der Waals surface area (Å²) in [6, 6.07) is 96.7. The molecule has 0 atom stereocenters.